The van der Waals surface area contributed by atoms with Crippen LogP contribution in [0.4, 0.5) is 0 Å². The average Bonchev–Trinajstić information content (AvgIpc) is 3.50. The molecule has 0 heterocycles. The van der Waals surface area contributed by atoms with Crippen molar-refractivity contribution in [2.45, 2.75) is 392 Å². The molecule has 0 aromatic heterocycles. The van der Waals surface area contributed by atoms with Crippen molar-refractivity contribution < 1.29 is 32.9 Å². The van der Waals surface area contributed by atoms with E-state index in [9.17, 15) is 19.4 Å². The van der Waals surface area contributed by atoms with Crippen LogP contribution in [0.15, 0.2) is 36.5 Å². The van der Waals surface area contributed by atoms with Crippen LogP contribution in [0.3, 0.4) is 0 Å². The van der Waals surface area contributed by atoms with Crippen LogP contribution in [0.1, 0.15) is 380 Å². The summed E-state index contributed by atoms with van der Waals surface area (Å²) in [7, 11) is 1.26. The van der Waals surface area contributed by atoms with Crippen molar-refractivity contribution in [1.82, 2.24) is 5.32 Å². The number of hydrogen-bond acceptors (Lipinski definition) is 6. The molecular formula is C74H145N2O6P. The monoisotopic (exact) mass is 1190 g/mol. The zero-order valence-electron chi connectivity index (χ0n) is 56.4. The molecule has 0 radical (unpaired) electrons. The van der Waals surface area contributed by atoms with Gasteiger partial charge in [0, 0.05) is 6.42 Å². The maximum atomic E-state index is 13.0. The molecule has 0 aromatic carbocycles. The Morgan fingerprint density at radius 1 is 0.410 bits per heavy atom. The molecule has 0 saturated carbocycles. The molecule has 0 rings (SSSR count). The van der Waals surface area contributed by atoms with Crippen LogP contribution in [-0.4, -0.2) is 68.5 Å². The molecule has 0 aromatic rings. The number of quaternary nitrogens is 1. The van der Waals surface area contributed by atoms with Gasteiger partial charge < -0.3 is 28.8 Å². The largest absolute Gasteiger partial charge is 0.756 e. The number of phosphoric ester groups is 1. The molecule has 3 atom stereocenters. The summed E-state index contributed by atoms with van der Waals surface area (Å²) in [5.41, 5.74) is 0. The number of aliphatic hydroxyl groups is 1. The number of unbranched alkanes of at least 4 members (excludes halogenated alkanes) is 52. The quantitative estimate of drug-likeness (QED) is 0.0272. The van der Waals surface area contributed by atoms with Gasteiger partial charge in [-0.1, -0.05) is 352 Å². The lowest BCUT2D eigenvalue weighted by atomic mass is 10.0. The molecule has 0 bridgehead atoms. The first-order valence-electron chi connectivity index (χ1n) is 36.9. The Kier molecular flexibility index (Phi) is 64.2. The summed E-state index contributed by atoms with van der Waals surface area (Å²) in [5.74, 6) is -0.199. The van der Waals surface area contributed by atoms with Crippen molar-refractivity contribution in [2.75, 3.05) is 40.9 Å². The SMILES string of the molecule is CCCCCCCCCC/C=C\CCCCCCCCCCCCCCCCCCCCCCCCCCCC(=O)NC(COP(=O)([O-])OCC[N+](C)(C)C)C(O)/C=C/CC/C=C/CCCCCCCCCCCCCCCCCCCC. The first-order chi connectivity index (χ1) is 40.5. The van der Waals surface area contributed by atoms with Gasteiger partial charge in [-0.25, -0.2) is 0 Å². The van der Waals surface area contributed by atoms with Crippen LogP contribution in [0.5, 0.6) is 0 Å². The van der Waals surface area contributed by atoms with Crippen LogP contribution in [0.25, 0.3) is 0 Å². The smallest absolute Gasteiger partial charge is 0.268 e. The van der Waals surface area contributed by atoms with Gasteiger partial charge in [-0.15, -0.1) is 0 Å². The molecule has 0 aliphatic heterocycles. The third kappa shape index (κ3) is 68.1. The summed E-state index contributed by atoms with van der Waals surface area (Å²) < 4.78 is 23.5. The Morgan fingerprint density at radius 2 is 0.675 bits per heavy atom. The zero-order chi connectivity index (χ0) is 60.5. The zero-order valence-corrected chi connectivity index (χ0v) is 57.3. The van der Waals surface area contributed by atoms with Crippen LogP contribution < -0.4 is 10.2 Å². The minimum absolute atomic E-state index is 0.00414. The number of likely N-dealkylation sites (N-methyl/N-ethyl adjacent to an activating group) is 1. The molecule has 3 unspecified atom stereocenters. The summed E-state index contributed by atoms with van der Waals surface area (Å²) in [6.45, 7) is 4.69. The molecule has 2 N–H and O–H groups in total. The topological polar surface area (TPSA) is 108 Å². The molecule has 492 valence electrons. The lowest BCUT2D eigenvalue weighted by molar-refractivity contribution is -0.870. The minimum Gasteiger partial charge on any atom is -0.756 e. The molecule has 9 heteroatoms. The Morgan fingerprint density at radius 3 is 0.976 bits per heavy atom. The number of allylic oxidation sites excluding steroid dienone is 5. The number of carbonyl (C=O) groups excluding carboxylic acids is 1. The highest BCUT2D eigenvalue weighted by atomic mass is 31.2. The van der Waals surface area contributed by atoms with Gasteiger partial charge in [0.05, 0.1) is 39.9 Å². The summed E-state index contributed by atoms with van der Waals surface area (Å²) in [4.78, 5) is 25.6. The van der Waals surface area contributed by atoms with E-state index in [0.29, 0.717) is 17.4 Å². The van der Waals surface area contributed by atoms with E-state index in [2.05, 4.69) is 43.5 Å². The van der Waals surface area contributed by atoms with E-state index in [1.54, 1.807) is 6.08 Å². The van der Waals surface area contributed by atoms with Gasteiger partial charge in [-0.05, 0) is 57.8 Å². The number of nitrogens with zero attached hydrogens (tertiary/aromatic N) is 1. The summed E-state index contributed by atoms with van der Waals surface area (Å²) >= 11 is 0. The highest BCUT2D eigenvalue weighted by molar-refractivity contribution is 7.45. The Labute approximate surface area is 518 Å². The molecule has 0 spiro atoms. The molecule has 1 amide bonds. The number of rotatable bonds is 69. The first kappa shape index (κ1) is 81.7. The average molecular weight is 1190 g/mol. The van der Waals surface area contributed by atoms with Crippen molar-refractivity contribution in [2.24, 2.45) is 0 Å². The normalized spacial score (nSPS) is 13.8. The molecule has 0 aliphatic rings. The fraction of sp³-hybridized carbons (Fsp3) is 0.905. The summed E-state index contributed by atoms with van der Waals surface area (Å²) in [6.07, 6.45) is 87.3. The van der Waals surface area contributed by atoms with E-state index in [-0.39, 0.29) is 19.1 Å². The molecule has 0 fully saturated rings. The maximum Gasteiger partial charge on any atom is 0.268 e. The molecular weight excluding hydrogens is 1040 g/mol. The number of nitrogens with one attached hydrogen (secondary N) is 1. The number of phosphoric acid groups is 1. The van der Waals surface area contributed by atoms with Crippen molar-refractivity contribution in [3.05, 3.63) is 36.5 Å². The number of hydrogen-bond donors (Lipinski definition) is 2. The molecule has 83 heavy (non-hydrogen) atoms. The van der Waals surface area contributed by atoms with Gasteiger partial charge in [-0.3, -0.25) is 9.36 Å². The highest BCUT2D eigenvalue weighted by Crippen LogP contribution is 2.38. The second-order valence-corrected chi connectivity index (χ2v) is 28.1. The summed E-state index contributed by atoms with van der Waals surface area (Å²) in [5, 5.41) is 13.9. The van der Waals surface area contributed by atoms with Crippen LogP contribution >= 0.6 is 7.82 Å². The van der Waals surface area contributed by atoms with Crippen LogP contribution in [0, 0.1) is 0 Å². The molecule has 0 aliphatic carbocycles. The molecule has 8 nitrogen and oxygen atoms in total. The standard InChI is InChI=1S/C74H145N2O6P/c1-6-8-10-12-14-16-18-20-22-24-26-28-30-32-33-34-35-36-37-38-39-40-41-42-43-44-46-48-50-52-54-56-58-60-62-64-66-68-74(78)75-72(71-82-83(79,80)81-70-69-76(3,4)5)73(77)67-65-63-61-59-57-55-53-51-49-47-45-31-29-27-25-23-21-19-17-15-13-11-9-7-2/h24,26,57,59,65,67,72-73,77H,6-23,25,27-56,58,60-64,66,68-71H2,1-5H3,(H-,75,78,79,80)/b26-24-,59-57+,67-65+. The Balaban J connectivity index is 3.98. The van der Waals surface area contributed by atoms with Crippen molar-refractivity contribution in [3.63, 3.8) is 0 Å². The third-order valence-corrected chi connectivity index (χ3v) is 18.0. The first-order valence-corrected chi connectivity index (χ1v) is 38.3. The van der Waals surface area contributed by atoms with Gasteiger partial charge >= 0.3 is 0 Å². The predicted molar refractivity (Wildman–Crippen MR) is 362 cm³/mol. The number of amides is 1. The Bertz CT molecular complexity index is 1450. The van der Waals surface area contributed by atoms with Crippen molar-refractivity contribution in [1.29, 1.82) is 0 Å². The lowest BCUT2D eigenvalue weighted by Gasteiger charge is -2.29. The van der Waals surface area contributed by atoms with Gasteiger partial charge in [0.2, 0.25) is 5.91 Å². The Hall–Kier alpha value is -1.28. The van der Waals surface area contributed by atoms with Gasteiger partial charge in [-0.2, -0.15) is 0 Å². The fourth-order valence-corrected chi connectivity index (χ4v) is 12.1. The van der Waals surface area contributed by atoms with E-state index >= 15 is 0 Å². The lowest BCUT2D eigenvalue weighted by Crippen LogP contribution is -2.45. The maximum absolute atomic E-state index is 13.0. The van der Waals surface area contributed by atoms with E-state index in [0.717, 1.165) is 38.5 Å². The van der Waals surface area contributed by atoms with E-state index in [4.69, 9.17) is 9.05 Å². The van der Waals surface area contributed by atoms with Crippen LogP contribution in [-0.2, 0) is 18.4 Å². The van der Waals surface area contributed by atoms with Crippen molar-refractivity contribution in [3.8, 4) is 0 Å². The van der Waals surface area contributed by atoms with Gasteiger partial charge in [0.25, 0.3) is 7.82 Å². The highest BCUT2D eigenvalue weighted by Gasteiger charge is 2.23. The van der Waals surface area contributed by atoms with E-state index in [1.165, 1.54) is 321 Å². The van der Waals surface area contributed by atoms with Gasteiger partial charge in [0.1, 0.15) is 13.2 Å². The summed E-state index contributed by atoms with van der Waals surface area (Å²) in [6, 6.07) is -0.903. The van der Waals surface area contributed by atoms with Crippen molar-refractivity contribution >= 4 is 13.7 Å². The fourth-order valence-electron chi connectivity index (χ4n) is 11.3. The van der Waals surface area contributed by atoms with E-state index < -0.39 is 20.0 Å². The molecule has 0 saturated heterocycles. The second kappa shape index (κ2) is 65.2. The van der Waals surface area contributed by atoms with E-state index in [1.807, 2.05) is 27.2 Å². The van der Waals surface area contributed by atoms with Gasteiger partial charge in [0.15, 0.2) is 0 Å². The second-order valence-electron chi connectivity index (χ2n) is 26.6. The predicted octanol–water partition coefficient (Wildman–Crippen LogP) is 23.0. The number of aliphatic hydroxyl groups excluding tert-OH is 1. The number of carbonyl (C=O) groups is 1. The van der Waals surface area contributed by atoms with Crippen LogP contribution in [0.2, 0.25) is 0 Å². The minimum atomic E-state index is -4.61. The third-order valence-electron chi connectivity index (χ3n) is 17.1.